The first-order valence-electron chi connectivity index (χ1n) is 8.37. The molecule has 0 aliphatic rings. The first-order chi connectivity index (χ1) is 13.9. The van der Waals surface area contributed by atoms with Crippen molar-refractivity contribution in [3.05, 3.63) is 33.0 Å². The van der Waals surface area contributed by atoms with E-state index in [0.717, 1.165) is 0 Å². The first-order valence-corrected chi connectivity index (χ1v) is 8.37. The van der Waals surface area contributed by atoms with Crippen LogP contribution in [0.4, 0.5) is 0 Å². The Morgan fingerprint density at radius 2 is 1.57 bits per heavy atom. The molecule has 0 amide bonds. The fourth-order valence-electron chi connectivity index (χ4n) is 2.10. The third-order valence-electron chi connectivity index (χ3n) is 3.76. The number of ether oxygens (including phenoxy) is 1. The van der Waals surface area contributed by atoms with Gasteiger partial charge in [0.2, 0.25) is 0 Å². The maximum absolute atomic E-state index is 11.0. The van der Waals surface area contributed by atoms with E-state index in [0.29, 0.717) is 17.1 Å². The maximum atomic E-state index is 11.0. The van der Waals surface area contributed by atoms with Gasteiger partial charge >= 0.3 is 17.9 Å². The van der Waals surface area contributed by atoms with Gasteiger partial charge in [-0.05, 0) is 19.0 Å². The zero-order valence-electron chi connectivity index (χ0n) is 16.1. The molecule has 2 atom stereocenters. The van der Waals surface area contributed by atoms with Crippen LogP contribution in [-0.4, -0.2) is 62.2 Å². The van der Waals surface area contributed by atoms with Crippen LogP contribution in [0.5, 0.6) is 5.88 Å². The molecule has 0 radical (unpaired) electrons. The highest BCUT2D eigenvalue weighted by Gasteiger charge is 2.21. The average Bonchev–Trinajstić information content (AvgIpc) is 3.17. The molecule has 166 valence electrons. The van der Waals surface area contributed by atoms with Crippen molar-refractivity contribution < 1.29 is 43.5 Å². The number of hydrogen-bond donors (Lipinski definition) is 6. The fourth-order valence-corrected chi connectivity index (χ4v) is 2.10. The molecular formula is C16H22N4O10. The van der Waals surface area contributed by atoms with E-state index in [2.05, 4.69) is 14.8 Å². The van der Waals surface area contributed by atoms with Gasteiger partial charge in [-0.3, -0.25) is 14.4 Å². The molecule has 0 aliphatic heterocycles. The normalized spacial score (nSPS) is 12.4. The molecule has 2 aromatic heterocycles. The average molecular weight is 430 g/mol. The van der Waals surface area contributed by atoms with Crippen LogP contribution < -0.4 is 21.8 Å². The van der Waals surface area contributed by atoms with Crippen LogP contribution in [-0.2, 0) is 27.2 Å². The van der Waals surface area contributed by atoms with Crippen LogP contribution in [0.25, 0.3) is 0 Å². The SMILES string of the molecule is Cc1o[nH]c(=O)c1CC(N)C(=O)O.Cc1onc(OCC(=O)O)c1CC(N)C(=O)O. The van der Waals surface area contributed by atoms with Crippen molar-refractivity contribution in [2.75, 3.05) is 6.61 Å². The number of carbonyl (C=O) groups is 3. The molecule has 2 aromatic rings. The van der Waals surface area contributed by atoms with E-state index in [4.69, 9.17) is 36.0 Å². The lowest BCUT2D eigenvalue weighted by Gasteiger charge is -2.06. The van der Waals surface area contributed by atoms with Gasteiger partial charge < -0.3 is 40.6 Å². The summed E-state index contributed by atoms with van der Waals surface area (Å²) >= 11 is 0. The van der Waals surface area contributed by atoms with Crippen LogP contribution in [0.1, 0.15) is 22.6 Å². The summed E-state index contributed by atoms with van der Waals surface area (Å²) in [6.45, 7) is 2.55. The summed E-state index contributed by atoms with van der Waals surface area (Å²) in [5.74, 6) is -2.79. The zero-order valence-corrected chi connectivity index (χ0v) is 16.1. The van der Waals surface area contributed by atoms with Gasteiger partial charge in [0.1, 0.15) is 23.6 Å². The summed E-state index contributed by atoms with van der Waals surface area (Å²) in [5, 5.41) is 31.2. The monoisotopic (exact) mass is 430 g/mol. The highest BCUT2D eigenvalue weighted by Crippen LogP contribution is 2.22. The second-order valence-electron chi connectivity index (χ2n) is 6.07. The number of aryl methyl sites for hydroxylation is 2. The first kappa shape index (κ1) is 24.4. The lowest BCUT2D eigenvalue weighted by molar-refractivity contribution is -0.140. The predicted octanol–water partition coefficient (Wildman–Crippen LogP) is -1.37. The number of hydrogen-bond acceptors (Lipinski definition) is 10. The van der Waals surface area contributed by atoms with Crippen LogP contribution in [0, 0.1) is 13.8 Å². The second kappa shape index (κ2) is 10.8. The summed E-state index contributed by atoms with van der Waals surface area (Å²) in [6, 6.07) is -2.20. The van der Waals surface area contributed by atoms with Gasteiger partial charge in [-0.15, -0.1) is 0 Å². The Balaban J connectivity index is 0.000000311. The smallest absolute Gasteiger partial charge is 0.341 e. The summed E-state index contributed by atoms with van der Waals surface area (Å²) in [6.07, 6.45) is -0.0629. The third kappa shape index (κ3) is 7.06. The Morgan fingerprint density at radius 1 is 1.03 bits per heavy atom. The van der Waals surface area contributed by atoms with E-state index < -0.39 is 42.2 Å². The van der Waals surface area contributed by atoms with Gasteiger partial charge in [0.05, 0.1) is 11.1 Å². The molecule has 0 aromatic carbocycles. The summed E-state index contributed by atoms with van der Waals surface area (Å²) in [4.78, 5) is 42.3. The van der Waals surface area contributed by atoms with E-state index in [-0.39, 0.29) is 24.3 Å². The number of aliphatic carboxylic acids is 3. The van der Waals surface area contributed by atoms with Crippen LogP contribution in [0.2, 0.25) is 0 Å². The predicted molar refractivity (Wildman–Crippen MR) is 97.1 cm³/mol. The van der Waals surface area contributed by atoms with Gasteiger partial charge in [-0.1, -0.05) is 0 Å². The molecule has 0 bridgehead atoms. The molecule has 2 heterocycles. The number of aromatic amines is 1. The summed E-state index contributed by atoms with van der Waals surface area (Å²) < 4.78 is 14.3. The largest absolute Gasteiger partial charge is 0.480 e. The topological polar surface area (TPSA) is 245 Å². The highest BCUT2D eigenvalue weighted by molar-refractivity contribution is 5.74. The van der Waals surface area contributed by atoms with E-state index in [1.54, 1.807) is 13.8 Å². The van der Waals surface area contributed by atoms with Crippen LogP contribution >= 0.6 is 0 Å². The van der Waals surface area contributed by atoms with Crippen molar-refractivity contribution in [3.8, 4) is 5.88 Å². The molecule has 0 fully saturated rings. The summed E-state index contributed by atoms with van der Waals surface area (Å²) in [7, 11) is 0. The van der Waals surface area contributed by atoms with Crippen molar-refractivity contribution >= 4 is 17.9 Å². The number of carboxylic acids is 3. The third-order valence-corrected chi connectivity index (χ3v) is 3.76. The number of rotatable bonds is 9. The van der Waals surface area contributed by atoms with Gasteiger partial charge in [0.25, 0.3) is 11.4 Å². The van der Waals surface area contributed by atoms with E-state index in [1.165, 1.54) is 0 Å². The van der Waals surface area contributed by atoms with E-state index >= 15 is 0 Å². The molecule has 2 unspecified atom stereocenters. The Hall–Kier alpha value is -3.65. The highest BCUT2D eigenvalue weighted by atomic mass is 16.5. The standard InChI is InChI=1S/C9H12N2O6.C7H10N2O4/c1-4-5(2-6(10)9(14)15)8(11-17-4)16-3-7(12)13;1-3-4(6(10)9-13-3)2-5(8)7(11)12/h6H,2-3,10H2,1H3,(H,12,13)(H,14,15);5H,2,8H2,1H3,(H,9,10)(H,11,12). The minimum absolute atomic E-state index is 0.0208. The molecule has 0 saturated heterocycles. The number of nitrogens with one attached hydrogen (secondary N) is 1. The molecule has 2 rings (SSSR count). The van der Waals surface area contributed by atoms with Gasteiger partial charge in [-0.2, -0.15) is 5.16 Å². The Labute approximate surface area is 168 Å². The number of nitrogens with two attached hydrogens (primary N) is 2. The van der Waals surface area contributed by atoms with E-state index in [1.807, 2.05) is 0 Å². The van der Waals surface area contributed by atoms with Crippen molar-refractivity contribution in [2.45, 2.75) is 38.8 Å². The van der Waals surface area contributed by atoms with Crippen molar-refractivity contribution in [1.29, 1.82) is 0 Å². The molecule has 8 N–H and O–H groups in total. The zero-order chi connectivity index (χ0) is 23.0. The van der Waals surface area contributed by atoms with Gasteiger partial charge in [-0.25, -0.2) is 4.79 Å². The number of aromatic nitrogens is 2. The lowest BCUT2D eigenvalue weighted by Crippen LogP contribution is -2.33. The molecule has 14 nitrogen and oxygen atoms in total. The second-order valence-corrected chi connectivity index (χ2v) is 6.07. The molecule has 0 spiro atoms. The Bertz CT molecular complexity index is 944. The Kier molecular flexibility index (Phi) is 8.76. The van der Waals surface area contributed by atoms with Crippen molar-refractivity contribution in [3.63, 3.8) is 0 Å². The van der Waals surface area contributed by atoms with Crippen molar-refractivity contribution in [2.24, 2.45) is 11.5 Å². The van der Waals surface area contributed by atoms with Gasteiger partial charge in [0, 0.05) is 12.8 Å². The fraction of sp³-hybridized carbons (Fsp3) is 0.438. The number of carboxylic acid groups (broad SMARTS) is 3. The Morgan fingerprint density at radius 3 is 2.00 bits per heavy atom. The van der Waals surface area contributed by atoms with Crippen LogP contribution in [0.3, 0.4) is 0 Å². The minimum Gasteiger partial charge on any atom is -0.480 e. The molecule has 0 aliphatic carbocycles. The minimum atomic E-state index is -1.17. The quantitative estimate of drug-likeness (QED) is 0.269. The maximum Gasteiger partial charge on any atom is 0.341 e. The van der Waals surface area contributed by atoms with Crippen LogP contribution in [0.15, 0.2) is 13.8 Å². The molecule has 30 heavy (non-hydrogen) atoms. The molecule has 0 saturated carbocycles. The van der Waals surface area contributed by atoms with Gasteiger partial charge in [0.15, 0.2) is 6.61 Å². The van der Waals surface area contributed by atoms with E-state index in [9.17, 15) is 19.2 Å². The number of H-pyrrole nitrogens is 1. The lowest BCUT2D eigenvalue weighted by atomic mass is 10.1. The summed E-state index contributed by atoms with van der Waals surface area (Å²) in [5.41, 5.74) is 10.8. The number of nitrogens with zero attached hydrogens (tertiary/aromatic N) is 1. The molecule has 14 heteroatoms. The van der Waals surface area contributed by atoms with Crippen molar-refractivity contribution in [1.82, 2.24) is 10.3 Å². The molecular weight excluding hydrogens is 408 g/mol.